The minimum absolute atomic E-state index is 0.189. The van der Waals surface area contributed by atoms with Crippen molar-refractivity contribution in [1.29, 1.82) is 0 Å². The largest absolute Gasteiger partial charge is 0.444 e. The molecule has 0 spiro atoms. The zero-order valence-corrected chi connectivity index (χ0v) is 22.3. The van der Waals surface area contributed by atoms with Gasteiger partial charge in [0.1, 0.15) is 18.1 Å². The molecule has 0 aliphatic carbocycles. The number of fused-ring (bicyclic) bond motifs is 1. The van der Waals surface area contributed by atoms with E-state index in [0.717, 1.165) is 34.5 Å². The molecule has 0 unspecified atom stereocenters. The van der Waals surface area contributed by atoms with Crippen LogP contribution in [-0.2, 0) is 22.6 Å². The van der Waals surface area contributed by atoms with E-state index >= 15 is 0 Å². The molecular formula is C26H39FN2O3Si. The van der Waals surface area contributed by atoms with Gasteiger partial charge < -0.3 is 18.9 Å². The Kier molecular flexibility index (Phi) is 7.74. The molecule has 1 amide bonds. The standard InChI is InChI=1S/C26H39FN2O3Si/c1-8-20-23(27)12-11-21-22(17-29(24(20)21)18-31-14-15-33(5,6)7)19-10-9-13-28(16-19)25(30)32-26(2,3)4/h10-12,17H,8-9,13-16,18H2,1-7H3. The van der Waals surface area contributed by atoms with Crippen molar-refractivity contribution in [3.8, 4) is 0 Å². The molecule has 0 atom stereocenters. The SMILES string of the molecule is CCc1c(F)ccc2c(C3=CCCN(C(=O)OC(C)(C)C)C3)cn(COCC[Si](C)(C)C)c12. The van der Waals surface area contributed by atoms with Gasteiger partial charge in [0, 0.05) is 50.5 Å². The zero-order valence-electron chi connectivity index (χ0n) is 21.3. The highest BCUT2D eigenvalue weighted by molar-refractivity contribution is 6.76. The smallest absolute Gasteiger partial charge is 0.410 e. The van der Waals surface area contributed by atoms with Gasteiger partial charge in [0.05, 0.1) is 5.52 Å². The number of nitrogens with zero attached hydrogens (tertiary/aromatic N) is 2. The fourth-order valence-electron chi connectivity index (χ4n) is 4.10. The molecule has 0 saturated heterocycles. The summed E-state index contributed by atoms with van der Waals surface area (Å²) in [4.78, 5) is 14.4. The van der Waals surface area contributed by atoms with E-state index in [4.69, 9.17) is 9.47 Å². The average molecular weight is 475 g/mol. The van der Waals surface area contributed by atoms with Crippen LogP contribution in [0.3, 0.4) is 0 Å². The summed E-state index contributed by atoms with van der Waals surface area (Å²) in [5, 5.41) is 0.999. The summed E-state index contributed by atoms with van der Waals surface area (Å²) >= 11 is 0. The normalized spacial score (nSPS) is 15.2. The first-order chi connectivity index (χ1) is 15.4. The summed E-state index contributed by atoms with van der Waals surface area (Å²) in [6.45, 7) is 16.8. The van der Waals surface area contributed by atoms with Gasteiger partial charge in [0.25, 0.3) is 0 Å². The number of aryl methyl sites for hydroxylation is 1. The van der Waals surface area contributed by atoms with Gasteiger partial charge in [0.2, 0.25) is 0 Å². The highest BCUT2D eigenvalue weighted by Crippen LogP contribution is 2.33. The van der Waals surface area contributed by atoms with Gasteiger partial charge >= 0.3 is 6.09 Å². The number of hydrogen-bond donors (Lipinski definition) is 0. The molecule has 0 N–H and O–H groups in total. The van der Waals surface area contributed by atoms with Crippen LogP contribution in [0.25, 0.3) is 16.5 Å². The second-order valence-corrected chi connectivity index (χ2v) is 16.7. The second kappa shape index (κ2) is 10.0. The first-order valence-corrected chi connectivity index (χ1v) is 15.7. The van der Waals surface area contributed by atoms with Crippen LogP contribution in [0, 0.1) is 5.82 Å². The number of carbonyl (C=O) groups is 1. The minimum Gasteiger partial charge on any atom is -0.444 e. The fraction of sp³-hybridized carbons (Fsp3) is 0.577. The van der Waals surface area contributed by atoms with E-state index in [2.05, 4.69) is 31.9 Å². The van der Waals surface area contributed by atoms with E-state index in [9.17, 15) is 9.18 Å². The van der Waals surface area contributed by atoms with Gasteiger partial charge in [-0.15, -0.1) is 0 Å². The van der Waals surface area contributed by atoms with Crippen molar-refractivity contribution < 1.29 is 18.7 Å². The summed E-state index contributed by atoms with van der Waals surface area (Å²) in [6.07, 6.45) is 5.30. The maximum absolute atomic E-state index is 14.7. The molecule has 5 nitrogen and oxygen atoms in total. The number of aromatic nitrogens is 1. The van der Waals surface area contributed by atoms with Crippen LogP contribution in [0.15, 0.2) is 24.4 Å². The van der Waals surface area contributed by atoms with E-state index in [-0.39, 0.29) is 11.9 Å². The predicted molar refractivity (Wildman–Crippen MR) is 136 cm³/mol. The van der Waals surface area contributed by atoms with Gasteiger partial charge in [-0.2, -0.15) is 0 Å². The number of carbonyl (C=O) groups excluding carboxylic acids is 1. The van der Waals surface area contributed by atoms with Crippen molar-refractivity contribution in [2.24, 2.45) is 0 Å². The molecule has 1 aromatic carbocycles. The van der Waals surface area contributed by atoms with E-state index < -0.39 is 13.7 Å². The number of amides is 1. The summed E-state index contributed by atoms with van der Waals surface area (Å²) in [6, 6.07) is 4.49. The number of benzene rings is 1. The highest BCUT2D eigenvalue weighted by Gasteiger charge is 2.26. The van der Waals surface area contributed by atoms with Crippen molar-refractivity contribution in [2.75, 3.05) is 19.7 Å². The van der Waals surface area contributed by atoms with E-state index in [1.165, 1.54) is 0 Å². The van der Waals surface area contributed by atoms with E-state index in [0.29, 0.717) is 38.4 Å². The molecule has 3 rings (SSSR count). The summed E-state index contributed by atoms with van der Waals surface area (Å²) < 4.78 is 28.3. The van der Waals surface area contributed by atoms with Crippen LogP contribution in [0.4, 0.5) is 9.18 Å². The molecule has 1 aliphatic heterocycles. The Balaban J connectivity index is 1.91. The Morgan fingerprint density at radius 1 is 1.21 bits per heavy atom. The molecule has 7 heteroatoms. The lowest BCUT2D eigenvalue weighted by atomic mass is 9.99. The molecule has 2 heterocycles. The molecule has 182 valence electrons. The lowest BCUT2D eigenvalue weighted by molar-refractivity contribution is 0.0273. The minimum atomic E-state index is -1.19. The van der Waals surface area contributed by atoms with Crippen molar-refractivity contribution >= 4 is 30.6 Å². The third-order valence-electron chi connectivity index (χ3n) is 5.82. The van der Waals surface area contributed by atoms with Gasteiger partial charge in [-0.1, -0.05) is 32.6 Å². The molecule has 33 heavy (non-hydrogen) atoms. The Hall–Kier alpha value is -2.12. The molecule has 0 bridgehead atoms. The molecule has 0 saturated carbocycles. The van der Waals surface area contributed by atoms with E-state index in [1.807, 2.05) is 38.3 Å². The molecular weight excluding hydrogens is 435 g/mol. The first kappa shape index (κ1) is 25.5. The third kappa shape index (κ3) is 6.48. The van der Waals surface area contributed by atoms with Crippen LogP contribution < -0.4 is 0 Å². The molecule has 2 aromatic rings. The van der Waals surface area contributed by atoms with Crippen LogP contribution in [0.1, 0.15) is 45.2 Å². The number of ether oxygens (including phenoxy) is 2. The molecule has 0 fully saturated rings. The van der Waals surface area contributed by atoms with Gasteiger partial charge in [-0.3, -0.25) is 0 Å². The van der Waals surface area contributed by atoms with Gasteiger partial charge in [0.15, 0.2) is 0 Å². The van der Waals surface area contributed by atoms with Crippen LogP contribution in [-0.4, -0.2) is 48.9 Å². The first-order valence-electron chi connectivity index (χ1n) is 11.9. The maximum atomic E-state index is 14.7. The summed E-state index contributed by atoms with van der Waals surface area (Å²) in [7, 11) is -1.19. The maximum Gasteiger partial charge on any atom is 0.410 e. The average Bonchev–Trinajstić information content (AvgIpc) is 3.08. The summed E-state index contributed by atoms with van der Waals surface area (Å²) in [5.41, 5.74) is 3.15. The quantitative estimate of drug-likeness (QED) is 0.332. The summed E-state index contributed by atoms with van der Waals surface area (Å²) in [5.74, 6) is -0.189. The molecule has 1 aliphatic rings. The Bertz CT molecular complexity index is 1030. The lowest BCUT2D eigenvalue weighted by Gasteiger charge is -2.30. The van der Waals surface area contributed by atoms with Crippen LogP contribution in [0.5, 0.6) is 0 Å². The number of hydrogen-bond acceptors (Lipinski definition) is 3. The molecule has 0 radical (unpaired) electrons. The predicted octanol–water partition coefficient (Wildman–Crippen LogP) is 6.68. The Morgan fingerprint density at radius 3 is 2.58 bits per heavy atom. The van der Waals surface area contributed by atoms with Crippen molar-refractivity contribution in [3.05, 3.63) is 41.3 Å². The Morgan fingerprint density at radius 2 is 1.94 bits per heavy atom. The van der Waals surface area contributed by atoms with E-state index in [1.54, 1.807) is 11.0 Å². The Labute approximate surface area is 198 Å². The third-order valence-corrected chi connectivity index (χ3v) is 7.52. The van der Waals surface area contributed by atoms with Crippen molar-refractivity contribution in [2.45, 2.75) is 78.6 Å². The number of rotatable bonds is 7. The highest BCUT2D eigenvalue weighted by atomic mass is 28.3. The monoisotopic (exact) mass is 474 g/mol. The van der Waals surface area contributed by atoms with Crippen LogP contribution >= 0.6 is 0 Å². The second-order valence-electron chi connectivity index (χ2n) is 11.1. The van der Waals surface area contributed by atoms with Crippen molar-refractivity contribution in [1.82, 2.24) is 9.47 Å². The number of halogens is 1. The van der Waals surface area contributed by atoms with Gasteiger partial charge in [-0.25, -0.2) is 9.18 Å². The molecule has 1 aromatic heterocycles. The van der Waals surface area contributed by atoms with Gasteiger partial charge in [-0.05, 0) is 57.4 Å². The topological polar surface area (TPSA) is 43.7 Å². The zero-order chi connectivity index (χ0) is 24.4. The van der Waals surface area contributed by atoms with Crippen LogP contribution in [0.2, 0.25) is 25.7 Å². The lowest BCUT2D eigenvalue weighted by Crippen LogP contribution is -2.39. The fourth-order valence-corrected chi connectivity index (χ4v) is 4.86. The van der Waals surface area contributed by atoms with Crippen molar-refractivity contribution in [3.63, 3.8) is 0 Å².